The topological polar surface area (TPSA) is 58.7 Å². The van der Waals surface area contributed by atoms with E-state index in [2.05, 4.69) is 18.7 Å². The molecule has 3 N–H and O–H groups in total. The molecule has 0 radical (unpaired) electrons. The summed E-state index contributed by atoms with van der Waals surface area (Å²) < 4.78 is 5.10. The first-order valence-electron chi connectivity index (χ1n) is 6.78. The Hall–Kier alpha value is -0.940. The third-order valence-corrected chi connectivity index (χ3v) is 3.32. The van der Waals surface area contributed by atoms with E-state index in [9.17, 15) is 5.11 Å². The van der Waals surface area contributed by atoms with Crippen molar-refractivity contribution in [2.45, 2.75) is 32.5 Å². The van der Waals surface area contributed by atoms with E-state index in [-0.39, 0.29) is 0 Å². The molecular weight excluding hydrogens is 240 g/mol. The van der Waals surface area contributed by atoms with Crippen LogP contribution in [0.2, 0.25) is 0 Å². The van der Waals surface area contributed by atoms with Crippen LogP contribution in [0.25, 0.3) is 0 Å². The Kier molecular flexibility index (Phi) is 7.02. The molecular formula is C15H26N2O2. The van der Waals surface area contributed by atoms with E-state index >= 15 is 0 Å². The van der Waals surface area contributed by atoms with Crippen molar-refractivity contribution in [1.29, 1.82) is 0 Å². The van der Waals surface area contributed by atoms with Crippen molar-refractivity contribution in [3.63, 3.8) is 0 Å². The van der Waals surface area contributed by atoms with Gasteiger partial charge in [0, 0.05) is 32.8 Å². The molecule has 0 aliphatic rings. The molecule has 108 valence electrons. The van der Waals surface area contributed by atoms with Crippen LogP contribution in [0.15, 0.2) is 24.3 Å². The normalized spacial score (nSPS) is 13.2. The van der Waals surface area contributed by atoms with E-state index in [0.29, 0.717) is 25.7 Å². The van der Waals surface area contributed by atoms with Gasteiger partial charge >= 0.3 is 0 Å². The molecule has 0 aliphatic carbocycles. The van der Waals surface area contributed by atoms with E-state index < -0.39 is 6.10 Å². The zero-order valence-corrected chi connectivity index (χ0v) is 12.2. The fourth-order valence-corrected chi connectivity index (χ4v) is 1.97. The maximum absolute atomic E-state index is 10.3. The summed E-state index contributed by atoms with van der Waals surface area (Å²) in [6, 6.07) is 8.21. The first-order valence-corrected chi connectivity index (χ1v) is 6.78. The van der Waals surface area contributed by atoms with E-state index in [4.69, 9.17) is 10.5 Å². The van der Waals surface area contributed by atoms with Crippen LogP contribution < -0.4 is 5.73 Å². The predicted molar refractivity (Wildman–Crippen MR) is 77.9 cm³/mol. The average molecular weight is 266 g/mol. The van der Waals surface area contributed by atoms with Gasteiger partial charge in [-0.3, -0.25) is 4.90 Å². The molecule has 0 amide bonds. The first-order chi connectivity index (χ1) is 9.08. The lowest BCUT2D eigenvalue weighted by atomic mass is 10.1. The van der Waals surface area contributed by atoms with Crippen molar-refractivity contribution >= 4 is 0 Å². The maximum atomic E-state index is 10.3. The monoisotopic (exact) mass is 266 g/mol. The van der Waals surface area contributed by atoms with E-state index in [1.807, 2.05) is 24.3 Å². The van der Waals surface area contributed by atoms with Crippen molar-refractivity contribution in [3.8, 4) is 0 Å². The number of hydrogen-bond donors (Lipinski definition) is 2. The highest BCUT2D eigenvalue weighted by atomic mass is 16.5. The maximum Gasteiger partial charge on any atom is 0.0917 e. The number of ether oxygens (including phenoxy) is 1. The van der Waals surface area contributed by atoms with Crippen LogP contribution in [-0.2, 0) is 11.3 Å². The third kappa shape index (κ3) is 5.28. The Balaban J connectivity index is 2.61. The van der Waals surface area contributed by atoms with Gasteiger partial charge in [0.1, 0.15) is 0 Å². The van der Waals surface area contributed by atoms with Crippen LogP contribution in [-0.4, -0.2) is 42.9 Å². The zero-order chi connectivity index (χ0) is 14.3. The number of aliphatic hydroxyl groups is 1. The number of nitrogens with two attached hydrogens (primary N) is 1. The summed E-state index contributed by atoms with van der Waals surface area (Å²) in [7, 11) is 1.69. The number of aliphatic hydroxyl groups excluding tert-OH is 1. The van der Waals surface area contributed by atoms with E-state index in [1.54, 1.807) is 7.11 Å². The van der Waals surface area contributed by atoms with Gasteiger partial charge in [-0.2, -0.15) is 0 Å². The fourth-order valence-electron chi connectivity index (χ4n) is 1.97. The number of hydrogen-bond acceptors (Lipinski definition) is 4. The highest BCUT2D eigenvalue weighted by molar-refractivity contribution is 5.24. The number of nitrogens with zero attached hydrogens (tertiary/aromatic N) is 1. The molecule has 1 rings (SSSR count). The Morgan fingerprint density at radius 2 is 1.89 bits per heavy atom. The van der Waals surface area contributed by atoms with Crippen molar-refractivity contribution in [1.82, 2.24) is 4.90 Å². The summed E-state index contributed by atoms with van der Waals surface area (Å²) in [4.78, 5) is 2.21. The van der Waals surface area contributed by atoms with Gasteiger partial charge in [-0.1, -0.05) is 24.3 Å². The molecule has 1 unspecified atom stereocenters. The van der Waals surface area contributed by atoms with Gasteiger partial charge in [-0.25, -0.2) is 0 Å². The first kappa shape index (κ1) is 16.1. The number of methoxy groups -OCH3 is 1. The lowest BCUT2D eigenvalue weighted by Crippen LogP contribution is -2.37. The molecule has 19 heavy (non-hydrogen) atoms. The minimum atomic E-state index is -0.480. The minimum Gasteiger partial charge on any atom is -0.387 e. The largest absolute Gasteiger partial charge is 0.387 e. The molecule has 1 aromatic carbocycles. The minimum absolute atomic E-state index is 0.383. The molecule has 4 nitrogen and oxygen atoms in total. The zero-order valence-electron chi connectivity index (χ0n) is 12.2. The van der Waals surface area contributed by atoms with Gasteiger partial charge in [-0.05, 0) is 25.0 Å². The highest BCUT2D eigenvalue weighted by Crippen LogP contribution is 2.16. The molecule has 1 atom stereocenters. The molecule has 0 aromatic heterocycles. The lowest BCUT2D eigenvalue weighted by molar-refractivity contribution is 0.0721. The molecule has 0 fully saturated rings. The average Bonchev–Trinajstić information content (AvgIpc) is 2.43. The van der Waals surface area contributed by atoms with Crippen molar-refractivity contribution in [2.24, 2.45) is 5.73 Å². The number of rotatable bonds is 8. The Morgan fingerprint density at radius 1 is 1.26 bits per heavy atom. The van der Waals surface area contributed by atoms with Crippen LogP contribution in [0.1, 0.15) is 31.1 Å². The summed E-state index contributed by atoms with van der Waals surface area (Å²) >= 11 is 0. The SMILES string of the molecule is COCCN(CC(O)c1ccc(CN)cc1)C(C)C. The summed E-state index contributed by atoms with van der Waals surface area (Å²) in [6.07, 6.45) is -0.480. The van der Waals surface area contributed by atoms with Gasteiger partial charge in [0.05, 0.1) is 12.7 Å². The van der Waals surface area contributed by atoms with Crippen LogP contribution in [0, 0.1) is 0 Å². The van der Waals surface area contributed by atoms with E-state index in [0.717, 1.165) is 17.7 Å². The predicted octanol–water partition coefficient (Wildman–Crippen LogP) is 1.54. The quantitative estimate of drug-likeness (QED) is 0.749. The Morgan fingerprint density at radius 3 is 2.37 bits per heavy atom. The van der Waals surface area contributed by atoms with E-state index in [1.165, 1.54) is 0 Å². The molecule has 4 heteroatoms. The Labute approximate surface area is 116 Å². The van der Waals surface area contributed by atoms with Gasteiger partial charge in [0.25, 0.3) is 0 Å². The number of benzene rings is 1. The highest BCUT2D eigenvalue weighted by Gasteiger charge is 2.15. The molecule has 0 spiro atoms. The summed E-state index contributed by atoms with van der Waals surface area (Å²) in [5, 5.41) is 10.3. The molecule has 0 saturated carbocycles. The van der Waals surface area contributed by atoms with Crippen molar-refractivity contribution in [3.05, 3.63) is 35.4 Å². The molecule has 0 saturated heterocycles. The van der Waals surface area contributed by atoms with Gasteiger partial charge in [0.2, 0.25) is 0 Å². The van der Waals surface area contributed by atoms with Gasteiger partial charge < -0.3 is 15.6 Å². The van der Waals surface area contributed by atoms with Gasteiger partial charge in [-0.15, -0.1) is 0 Å². The second-order valence-corrected chi connectivity index (χ2v) is 5.04. The molecule has 0 aliphatic heterocycles. The van der Waals surface area contributed by atoms with Crippen LogP contribution in [0.3, 0.4) is 0 Å². The van der Waals surface area contributed by atoms with Crippen molar-refractivity contribution in [2.75, 3.05) is 26.8 Å². The molecule has 0 bridgehead atoms. The lowest BCUT2D eigenvalue weighted by Gasteiger charge is -2.28. The van der Waals surface area contributed by atoms with Crippen molar-refractivity contribution < 1.29 is 9.84 Å². The van der Waals surface area contributed by atoms with Gasteiger partial charge in [0.15, 0.2) is 0 Å². The summed E-state index contributed by atoms with van der Waals surface area (Å²) in [6.45, 7) is 6.90. The Bertz CT molecular complexity index is 352. The summed E-state index contributed by atoms with van der Waals surface area (Å²) in [5.41, 5.74) is 7.58. The smallest absolute Gasteiger partial charge is 0.0917 e. The second-order valence-electron chi connectivity index (χ2n) is 5.04. The van der Waals surface area contributed by atoms with Crippen LogP contribution in [0.5, 0.6) is 0 Å². The van der Waals surface area contributed by atoms with Crippen LogP contribution >= 0.6 is 0 Å². The van der Waals surface area contributed by atoms with Crippen LogP contribution in [0.4, 0.5) is 0 Å². The fraction of sp³-hybridized carbons (Fsp3) is 0.600. The second kappa shape index (κ2) is 8.27. The molecule has 1 aromatic rings. The summed E-state index contributed by atoms with van der Waals surface area (Å²) in [5.74, 6) is 0. The standard InChI is InChI=1S/C15H26N2O2/c1-12(2)17(8-9-19-3)11-15(18)14-6-4-13(10-16)5-7-14/h4-7,12,15,18H,8-11,16H2,1-3H3. The molecule has 0 heterocycles. The third-order valence-electron chi connectivity index (χ3n) is 3.32.